The second kappa shape index (κ2) is 6.49. The predicted molar refractivity (Wildman–Crippen MR) is 84.8 cm³/mol. The molecular formula is C16H17Cl2NO. The fourth-order valence-electron chi connectivity index (χ4n) is 2.19. The molecule has 0 bridgehead atoms. The van der Waals surface area contributed by atoms with E-state index >= 15 is 0 Å². The van der Waals surface area contributed by atoms with Crippen molar-refractivity contribution in [2.24, 2.45) is 5.73 Å². The summed E-state index contributed by atoms with van der Waals surface area (Å²) in [5, 5.41) is 1.10. The Balaban J connectivity index is 2.25. The minimum absolute atomic E-state index is 0.201. The third kappa shape index (κ3) is 3.45. The van der Waals surface area contributed by atoms with Gasteiger partial charge in [0.05, 0.1) is 12.1 Å². The lowest BCUT2D eigenvalue weighted by Gasteiger charge is -2.16. The minimum atomic E-state index is -0.201. The van der Waals surface area contributed by atoms with E-state index in [9.17, 15) is 0 Å². The Bertz CT molecular complexity index is 613. The molecule has 4 heteroatoms. The molecule has 0 saturated heterocycles. The summed E-state index contributed by atoms with van der Waals surface area (Å²) in [7, 11) is 1.56. The van der Waals surface area contributed by atoms with Gasteiger partial charge in [0.1, 0.15) is 5.75 Å². The Morgan fingerprint density at radius 2 is 1.90 bits per heavy atom. The van der Waals surface area contributed by atoms with Crippen molar-refractivity contribution < 1.29 is 4.74 Å². The van der Waals surface area contributed by atoms with Crippen LogP contribution in [0.4, 0.5) is 0 Å². The van der Waals surface area contributed by atoms with Crippen LogP contribution < -0.4 is 10.5 Å². The van der Waals surface area contributed by atoms with E-state index in [1.54, 1.807) is 19.2 Å². The van der Waals surface area contributed by atoms with Crippen molar-refractivity contribution in [1.29, 1.82) is 0 Å². The normalized spacial score (nSPS) is 12.2. The van der Waals surface area contributed by atoms with Crippen molar-refractivity contribution in [2.75, 3.05) is 7.11 Å². The van der Waals surface area contributed by atoms with E-state index in [1.165, 1.54) is 11.1 Å². The Labute approximate surface area is 129 Å². The van der Waals surface area contributed by atoms with Crippen molar-refractivity contribution in [3.05, 3.63) is 63.1 Å². The summed E-state index contributed by atoms with van der Waals surface area (Å²) < 4.78 is 5.14. The van der Waals surface area contributed by atoms with Gasteiger partial charge in [0.25, 0.3) is 0 Å². The van der Waals surface area contributed by atoms with E-state index in [4.69, 9.17) is 33.7 Å². The standard InChI is InChI=1S/C16H17Cl2NO/c1-10-4-3-5-11(6-10)7-15(19)12-8-14(18)16(20-2)9-13(12)17/h3-6,8-9,15H,7,19H2,1-2H3. The van der Waals surface area contributed by atoms with Gasteiger partial charge in [-0.05, 0) is 30.5 Å². The van der Waals surface area contributed by atoms with E-state index in [1.807, 2.05) is 6.07 Å². The van der Waals surface area contributed by atoms with Crippen LogP contribution in [-0.4, -0.2) is 7.11 Å². The van der Waals surface area contributed by atoms with E-state index < -0.39 is 0 Å². The molecule has 0 spiro atoms. The third-order valence-electron chi connectivity index (χ3n) is 3.21. The number of hydrogen-bond donors (Lipinski definition) is 1. The maximum absolute atomic E-state index is 6.25. The van der Waals surface area contributed by atoms with Crippen LogP contribution in [0.2, 0.25) is 10.0 Å². The van der Waals surface area contributed by atoms with Gasteiger partial charge in [0.2, 0.25) is 0 Å². The smallest absolute Gasteiger partial charge is 0.138 e. The second-order valence-electron chi connectivity index (χ2n) is 4.81. The summed E-state index contributed by atoms with van der Waals surface area (Å²) in [6.07, 6.45) is 0.712. The average molecular weight is 310 g/mol. The van der Waals surface area contributed by atoms with Gasteiger partial charge in [-0.25, -0.2) is 0 Å². The zero-order chi connectivity index (χ0) is 14.7. The summed E-state index contributed by atoms with van der Waals surface area (Å²) >= 11 is 12.4. The first kappa shape index (κ1) is 15.2. The molecule has 0 amide bonds. The molecule has 1 unspecified atom stereocenters. The van der Waals surface area contributed by atoms with Gasteiger partial charge in [-0.3, -0.25) is 0 Å². The minimum Gasteiger partial charge on any atom is -0.495 e. The van der Waals surface area contributed by atoms with Gasteiger partial charge in [-0.1, -0.05) is 53.0 Å². The van der Waals surface area contributed by atoms with Crippen LogP contribution in [-0.2, 0) is 6.42 Å². The Morgan fingerprint density at radius 1 is 1.15 bits per heavy atom. The van der Waals surface area contributed by atoms with Crippen molar-refractivity contribution in [2.45, 2.75) is 19.4 Å². The molecule has 2 aromatic carbocycles. The van der Waals surface area contributed by atoms with Gasteiger partial charge in [-0.2, -0.15) is 0 Å². The predicted octanol–water partition coefficient (Wildman–Crippen LogP) is 4.55. The van der Waals surface area contributed by atoms with Gasteiger partial charge in [-0.15, -0.1) is 0 Å². The average Bonchev–Trinajstić information content (AvgIpc) is 2.40. The number of halogens is 2. The largest absolute Gasteiger partial charge is 0.495 e. The molecular weight excluding hydrogens is 293 g/mol. The molecule has 2 N–H and O–H groups in total. The Hall–Kier alpha value is -1.22. The molecule has 20 heavy (non-hydrogen) atoms. The first-order valence-corrected chi connectivity index (χ1v) is 7.11. The molecule has 106 valence electrons. The highest BCUT2D eigenvalue weighted by atomic mass is 35.5. The van der Waals surface area contributed by atoms with E-state index in [0.29, 0.717) is 22.2 Å². The van der Waals surface area contributed by atoms with Gasteiger partial charge in [0, 0.05) is 17.1 Å². The molecule has 2 rings (SSSR count). The molecule has 0 aliphatic heterocycles. The van der Waals surface area contributed by atoms with Gasteiger partial charge in [0.15, 0.2) is 0 Å². The second-order valence-corrected chi connectivity index (χ2v) is 5.62. The van der Waals surface area contributed by atoms with E-state index in [2.05, 4.69) is 25.1 Å². The van der Waals surface area contributed by atoms with Crippen molar-refractivity contribution in [3.8, 4) is 5.75 Å². The fourth-order valence-corrected chi connectivity index (χ4v) is 2.73. The number of ether oxygens (including phenoxy) is 1. The molecule has 0 heterocycles. The SMILES string of the molecule is COc1cc(Cl)c(C(N)Cc2cccc(C)c2)cc1Cl. The number of benzene rings is 2. The van der Waals surface area contributed by atoms with Crippen molar-refractivity contribution in [1.82, 2.24) is 0 Å². The molecule has 0 saturated carbocycles. The maximum atomic E-state index is 6.25. The lowest BCUT2D eigenvalue weighted by molar-refractivity contribution is 0.415. The third-order valence-corrected chi connectivity index (χ3v) is 3.83. The molecule has 0 aliphatic carbocycles. The Morgan fingerprint density at radius 3 is 2.55 bits per heavy atom. The van der Waals surface area contributed by atoms with Crippen molar-refractivity contribution >= 4 is 23.2 Å². The molecule has 2 nitrogen and oxygen atoms in total. The lowest BCUT2D eigenvalue weighted by Crippen LogP contribution is -2.14. The van der Waals surface area contributed by atoms with Crippen LogP contribution in [0.25, 0.3) is 0 Å². The summed E-state index contributed by atoms with van der Waals surface area (Å²) in [6, 6.07) is 11.6. The highest BCUT2D eigenvalue weighted by Gasteiger charge is 2.14. The van der Waals surface area contributed by atoms with Crippen LogP contribution in [0.1, 0.15) is 22.7 Å². The fraction of sp³-hybridized carbons (Fsp3) is 0.250. The van der Waals surface area contributed by atoms with Gasteiger partial charge < -0.3 is 10.5 Å². The zero-order valence-corrected chi connectivity index (χ0v) is 13.0. The summed E-state index contributed by atoms with van der Waals surface area (Å²) in [5.74, 6) is 0.558. The quantitative estimate of drug-likeness (QED) is 0.899. The number of methoxy groups -OCH3 is 1. The number of hydrogen-bond acceptors (Lipinski definition) is 2. The van der Waals surface area contributed by atoms with Crippen LogP contribution in [0.5, 0.6) is 5.75 Å². The first-order valence-electron chi connectivity index (χ1n) is 6.35. The highest BCUT2D eigenvalue weighted by Crippen LogP contribution is 2.34. The molecule has 1 atom stereocenters. The van der Waals surface area contributed by atoms with E-state index in [-0.39, 0.29) is 6.04 Å². The number of rotatable bonds is 4. The monoisotopic (exact) mass is 309 g/mol. The molecule has 0 aromatic heterocycles. The van der Waals surface area contributed by atoms with E-state index in [0.717, 1.165) is 5.56 Å². The highest BCUT2D eigenvalue weighted by molar-refractivity contribution is 6.34. The molecule has 0 aliphatic rings. The summed E-state index contributed by atoms with van der Waals surface area (Å²) in [4.78, 5) is 0. The topological polar surface area (TPSA) is 35.2 Å². The zero-order valence-electron chi connectivity index (χ0n) is 11.5. The summed E-state index contributed by atoms with van der Waals surface area (Å²) in [6.45, 7) is 2.06. The van der Waals surface area contributed by atoms with Crippen LogP contribution in [0.15, 0.2) is 36.4 Å². The summed E-state index contributed by atoms with van der Waals surface area (Å²) in [5.41, 5.74) is 9.48. The van der Waals surface area contributed by atoms with Crippen molar-refractivity contribution in [3.63, 3.8) is 0 Å². The first-order chi connectivity index (χ1) is 9.51. The maximum Gasteiger partial charge on any atom is 0.138 e. The van der Waals surface area contributed by atoms with Crippen LogP contribution >= 0.6 is 23.2 Å². The number of aryl methyl sites for hydroxylation is 1. The number of nitrogens with two attached hydrogens (primary N) is 1. The van der Waals surface area contributed by atoms with Crippen LogP contribution in [0, 0.1) is 6.92 Å². The Kier molecular flexibility index (Phi) is 4.92. The lowest BCUT2D eigenvalue weighted by atomic mass is 9.98. The molecule has 2 aromatic rings. The van der Waals surface area contributed by atoms with Crippen LogP contribution in [0.3, 0.4) is 0 Å². The molecule has 0 radical (unpaired) electrons. The molecule has 0 fully saturated rings. The van der Waals surface area contributed by atoms with Gasteiger partial charge >= 0.3 is 0 Å².